The van der Waals surface area contributed by atoms with Gasteiger partial charge >= 0.3 is 5.97 Å². The number of carboxylic acid groups (broad SMARTS) is 1. The number of halogens is 2. The van der Waals surface area contributed by atoms with Crippen LogP contribution in [-0.2, 0) is 11.3 Å². The summed E-state index contributed by atoms with van der Waals surface area (Å²) in [5.41, 5.74) is 2.41. The Morgan fingerprint density at radius 3 is 2.57 bits per heavy atom. The number of hydrogen-bond acceptors (Lipinski definition) is 5. The second-order valence-electron chi connectivity index (χ2n) is 6.24. The Balaban J connectivity index is 1.87. The number of carboxylic acids is 1. The first-order valence-corrected chi connectivity index (χ1v) is 9.26. The summed E-state index contributed by atoms with van der Waals surface area (Å²) >= 11 is 0.975. The number of fused-ring (bicyclic) bond motifs is 3. The quantitative estimate of drug-likeness (QED) is 0.512. The summed E-state index contributed by atoms with van der Waals surface area (Å²) in [4.78, 5) is 15.6. The van der Waals surface area contributed by atoms with E-state index in [9.17, 15) is 13.6 Å². The first-order chi connectivity index (χ1) is 13.4. The van der Waals surface area contributed by atoms with E-state index in [1.165, 1.54) is 31.2 Å². The Morgan fingerprint density at radius 2 is 1.86 bits per heavy atom. The van der Waals surface area contributed by atoms with E-state index in [0.29, 0.717) is 28.6 Å². The van der Waals surface area contributed by atoms with Gasteiger partial charge in [-0.15, -0.1) is 10.2 Å². The molecule has 1 unspecified atom stereocenters. The molecular formula is C19H14F2N4O2S. The summed E-state index contributed by atoms with van der Waals surface area (Å²) in [5, 5.41) is 17.3. The maximum Gasteiger partial charge on any atom is 0.316 e. The monoisotopic (exact) mass is 400 g/mol. The lowest BCUT2D eigenvalue weighted by molar-refractivity contribution is -0.136. The van der Waals surface area contributed by atoms with Gasteiger partial charge in [-0.05, 0) is 42.8 Å². The molecular weight excluding hydrogens is 386 g/mol. The van der Waals surface area contributed by atoms with Crippen LogP contribution in [0.5, 0.6) is 0 Å². The Labute approximate surface area is 162 Å². The summed E-state index contributed by atoms with van der Waals surface area (Å²) in [6.07, 6.45) is 0. The number of aliphatic carboxylic acids is 1. The first kappa shape index (κ1) is 18.3. The molecule has 0 saturated heterocycles. The van der Waals surface area contributed by atoms with Crippen molar-refractivity contribution in [1.29, 1.82) is 0 Å². The fourth-order valence-corrected chi connectivity index (χ4v) is 3.55. The molecule has 0 bridgehead atoms. The van der Waals surface area contributed by atoms with Gasteiger partial charge in [0.25, 0.3) is 0 Å². The SMILES string of the molecule is CC(Sc1nnc2c3cc(F)ccc3n(Cc3ccc(F)cc3)c2n1)C(=O)O. The molecule has 28 heavy (non-hydrogen) atoms. The molecule has 142 valence electrons. The molecule has 6 nitrogen and oxygen atoms in total. The normalized spacial score (nSPS) is 12.5. The molecule has 2 aromatic heterocycles. The fraction of sp³-hybridized carbons (Fsp3) is 0.158. The van der Waals surface area contributed by atoms with Gasteiger partial charge in [-0.25, -0.2) is 13.8 Å². The number of rotatable bonds is 5. The Bertz CT molecular complexity index is 1190. The number of thioether (sulfide) groups is 1. The van der Waals surface area contributed by atoms with Crippen LogP contribution in [-0.4, -0.2) is 36.1 Å². The third-order valence-corrected chi connectivity index (χ3v) is 5.23. The van der Waals surface area contributed by atoms with E-state index in [0.717, 1.165) is 17.3 Å². The third kappa shape index (κ3) is 3.40. The first-order valence-electron chi connectivity index (χ1n) is 8.38. The van der Waals surface area contributed by atoms with Gasteiger partial charge in [0.1, 0.15) is 22.4 Å². The van der Waals surface area contributed by atoms with Crippen LogP contribution in [0.4, 0.5) is 8.78 Å². The molecule has 0 amide bonds. The number of hydrogen-bond donors (Lipinski definition) is 1. The summed E-state index contributed by atoms with van der Waals surface area (Å²) in [5.74, 6) is -1.73. The zero-order valence-corrected chi connectivity index (χ0v) is 15.5. The lowest BCUT2D eigenvalue weighted by atomic mass is 10.2. The Kier molecular flexibility index (Phi) is 4.68. The molecule has 2 heterocycles. The van der Waals surface area contributed by atoms with E-state index in [1.54, 1.807) is 18.2 Å². The van der Waals surface area contributed by atoms with Gasteiger partial charge in [0.2, 0.25) is 5.16 Å². The smallest absolute Gasteiger partial charge is 0.316 e. The van der Waals surface area contributed by atoms with Crippen molar-refractivity contribution < 1.29 is 18.7 Å². The summed E-state index contributed by atoms with van der Waals surface area (Å²) in [6.45, 7) is 1.90. The average Bonchev–Trinajstić information content (AvgIpc) is 2.96. The lowest BCUT2D eigenvalue weighted by Gasteiger charge is -2.08. The van der Waals surface area contributed by atoms with Crippen LogP contribution >= 0.6 is 11.8 Å². The molecule has 1 N–H and O–H groups in total. The molecule has 0 fully saturated rings. The Hall–Kier alpha value is -3.07. The minimum Gasteiger partial charge on any atom is -0.480 e. The number of benzene rings is 2. The van der Waals surface area contributed by atoms with Gasteiger partial charge in [0.05, 0.1) is 5.52 Å². The van der Waals surface area contributed by atoms with Crippen LogP contribution in [0.3, 0.4) is 0 Å². The predicted octanol–water partition coefficient (Wildman–Crippen LogP) is 3.87. The third-order valence-electron chi connectivity index (χ3n) is 4.29. The van der Waals surface area contributed by atoms with Crippen LogP contribution < -0.4 is 0 Å². The van der Waals surface area contributed by atoms with Crippen molar-refractivity contribution in [2.45, 2.75) is 23.9 Å². The largest absolute Gasteiger partial charge is 0.480 e. The van der Waals surface area contributed by atoms with Gasteiger partial charge in [-0.1, -0.05) is 23.9 Å². The van der Waals surface area contributed by atoms with E-state index in [2.05, 4.69) is 15.2 Å². The van der Waals surface area contributed by atoms with Crippen LogP contribution in [0.15, 0.2) is 47.6 Å². The highest BCUT2D eigenvalue weighted by atomic mass is 32.2. The molecule has 0 aliphatic carbocycles. The molecule has 0 radical (unpaired) electrons. The van der Waals surface area contributed by atoms with Crippen molar-refractivity contribution in [2.24, 2.45) is 0 Å². The fourth-order valence-electron chi connectivity index (χ4n) is 2.90. The average molecular weight is 400 g/mol. The summed E-state index contributed by atoms with van der Waals surface area (Å²) in [6, 6.07) is 10.4. The lowest BCUT2D eigenvalue weighted by Crippen LogP contribution is -2.12. The van der Waals surface area contributed by atoms with Crippen LogP contribution in [0.2, 0.25) is 0 Å². The van der Waals surface area contributed by atoms with Gasteiger partial charge in [-0.3, -0.25) is 4.79 Å². The van der Waals surface area contributed by atoms with Gasteiger partial charge in [0.15, 0.2) is 5.65 Å². The highest BCUT2D eigenvalue weighted by Gasteiger charge is 2.19. The molecule has 0 aliphatic heterocycles. The zero-order valence-electron chi connectivity index (χ0n) is 14.6. The topological polar surface area (TPSA) is 80.9 Å². The van der Waals surface area contributed by atoms with Crippen LogP contribution in [0, 0.1) is 11.6 Å². The minimum atomic E-state index is -0.984. The minimum absolute atomic E-state index is 0.214. The standard InChI is InChI=1S/C19H14F2N4O2S/c1-10(18(26)27)28-19-22-17-16(23-24-19)14-8-13(21)6-7-15(14)25(17)9-11-2-4-12(20)5-3-11/h2-8,10H,9H2,1H3,(H,26,27). The van der Waals surface area contributed by atoms with Crippen LogP contribution in [0.1, 0.15) is 12.5 Å². The van der Waals surface area contributed by atoms with E-state index in [1.807, 2.05) is 4.57 Å². The molecule has 0 aliphatic rings. The highest BCUT2D eigenvalue weighted by molar-refractivity contribution is 8.00. The molecule has 0 spiro atoms. The highest BCUT2D eigenvalue weighted by Crippen LogP contribution is 2.29. The van der Waals surface area contributed by atoms with E-state index >= 15 is 0 Å². The van der Waals surface area contributed by atoms with E-state index in [-0.39, 0.29) is 11.0 Å². The second kappa shape index (κ2) is 7.16. The Morgan fingerprint density at radius 1 is 1.14 bits per heavy atom. The predicted molar refractivity (Wildman–Crippen MR) is 101 cm³/mol. The number of nitrogens with zero attached hydrogens (tertiary/aromatic N) is 4. The van der Waals surface area contributed by atoms with E-state index < -0.39 is 17.0 Å². The second-order valence-corrected chi connectivity index (χ2v) is 7.55. The van der Waals surface area contributed by atoms with Crippen molar-refractivity contribution in [3.8, 4) is 0 Å². The zero-order chi connectivity index (χ0) is 19.8. The van der Waals surface area contributed by atoms with Gasteiger partial charge < -0.3 is 9.67 Å². The molecule has 9 heteroatoms. The van der Waals surface area contributed by atoms with Crippen LogP contribution in [0.25, 0.3) is 22.1 Å². The molecule has 4 rings (SSSR count). The molecule has 1 atom stereocenters. The van der Waals surface area contributed by atoms with E-state index in [4.69, 9.17) is 5.11 Å². The van der Waals surface area contributed by atoms with Gasteiger partial charge in [-0.2, -0.15) is 0 Å². The van der Waals surface area contributed by atoms with Crippen molar-refractivity contribution in [2.75, 3.05) is 0 Å². The van der Waals surface area contributed by atoms with Crippen molar-refractivity contribution in [3.63, 3.8) is 0 Å². The van der Waals surface area contributed by atoms with Gasteiger partial charge in [0, 0.05) is 11.9 Å². The molecule has 4 aromatic rings. The maximum atomic E-state index is 13.8. The molecule has 2 aromatic carbocycles. The summed E-state index contributed by atoms with van der Waals surface area (Å²) in [7, 11) is 0. The van der Waals surface area contributed by atoms with Crippen molar-refractivity contribution >= 4 is 39.8 Å². The molecule has 0 saturated carbocycles. The maximum absolute atomic E-state index is 13.8. The van der Waals surface area contributed by atoms with Crippen molar-refractivity contribution in [1.82, 2.24) is 19.7 Å². The van der Waals surface area contributed by atoms with Crippen molar-refractivity contribution in [3.05, 3.63) is 59.7 Å². The number of aromatic nitrogens is 4. The number of carbonyl (C=O) groups is 1. The summed E-state index contributed by atoms with van der Waals surface area (Å²) < 4.78 is 28.9.